The number of rotatable bonds is 2. The number of amides is 1. The van der Waals surface area contributed by atoms with Gasteiger partial charge in [-0.2, -0.15) is 0 Å². The Morgan fingerprint density at radius 2 is 2.43 bits per heavy atom. The summed E-state index contributed by atoms with van der Waals surface area (Å²) in [5, 5.41) is 14.6. The van der Waals surface area contributed by atoms with E-state index in [0.717, 1.165) is 15.5 Å². The molecule has 0 aliphatic carbocycles. The van der Waals surface area contributed by atoms with Crippen LogP contribution in [0.3, 0.4) is 0 Å². The van der Waals surface area contributed by atoms with E-state index in [0.29, 0.717) is 13.0 Å². The van der Waals surface area contributed by atoms with Crippen LogP contribution in [0.1, 0.15) is 12.8 Å². The summed E-state index contributed by atoms with van der Waals surface area (Å²) < 4.78 is 0.764. The van der Waals surface area contributed by atoms with Gasteiger partial charge in [-0.1, -0.05) is 11.3 Å². The summed E-state index contributed by atoms with van der Waals surface area (Å²) in [6.45, 7) is 0.663. The fourth-order valence-corrected chi connectivity index (χ4v) is 2.38. The lowest BCUT2D eigenvalue weighted by atomic mass is 10.1. The van der Waals surface area contributed by atoms with Gasteiger partial charge >= 0.3 is 0 Å². The van der Waals surface area contributed by atoms with E-state index >= 15 is 0 Å². The van der Waals surface area contributed by atoms with Crippen LogP contribution in [0.25, 0.3) is 0 Å². The zero-order chi connectivity index (χ0) is 9.97. The van der Waals surface area contributed by atoms with E-state index in [4.69, 9.17) is 0 Å². The summed E-state index contributed by atoms with van der Waals surface area (Å²) in [6, 6.07) is 0.271. The molecule has 0 aromatic carbocycles. The maximum absolute atomic E-state index is 10.9. The van der Waals surface area contributed by atoms with Crippen molar-refractivity contribution < 1.29 is 4.79 Å². The Bertz CT molecular complexity index is 332. The molecular weight excluding hydrogens is 268 g/mol. The molecule has 1 saturated heterocycles. The zero-order valence-corrected chi connectivity index (χ0v) is 9.69. The molecule has 0 radical (unpaired) electrons. The van der Waals surface area contributed by atoms with Gasteiger partial charge in [0.1, 0.15) is 0 Å². The second-order valence-corrected chi connectivity index (χ2v) is 5.30. The molecule has 2 N–H and O–H groups in total. The molecule has 1 aromatic heterocycles. The van der Waals surface area contributed by atoms with Crippen LogP contribution in [0.4, 0.5) is 5.13 Å². The number of halogens is 1. The Labute approximate surface area is 93.4 Å². The maximum Gasteiger partial charge on any atom is 0.220 e. The van der Waals surface area contributed by atoms with Gasteiger partial charge in [0, 0.05) is 19.0 Å². The number of piperidine rings is 1. The highest BCUT2D eigenvalue weighted by Gasteiger charge is 2.18. The standard InChI is InChI=1S/C7H9BrN4OS/c8-6-11-12-7(14-6)10-4-1-2-5(13)9-3-4/h4H,1-3H2,(H,9,13)(H,10,12). The van der Waals surface area contributed by atoms with Crippen LogP contribution in [0, 0.1) is 0 Å². The average molecular weight is 277 g/mol. The maximum atomic E-state index is 10.9. The van der Waals surface area contributed by atoms with Gasteiger partial charge in [-0.05, 0) is 22.4 Å². The molecule has 14 heavy (non-hydrogen) atoms. The van der Waals surface area contributed by atoms with Crippen molar-refractivity contribution in [1.82, 2.24) is 15.5 Å². The van der Waals surface area contributed by atoms with Crippen molar-refractivity contribution in [3.05, 3.63) is 3.92 Å². The Balaban J connectivity index is 1.89. The molecule has 1 aromatic rings. The van der Waals surface area contributed by atoms with Crippen molar-refractivity contribution in [3.63, 3.8) is 0 Å². The predicted octanol–water partition coefficient (Wildman–Crippen LogP) is 0.991. The van der Waals surface area contributed by atoms with Gasteiger partial charge in [0.2, 0.25) is 11.0 Å². The van der Waals surface area contributed by atoms with E-state index in [-0.39, 0.29) is 11.9 Å². The van der Waals surface area contributed by atoms with E-state index in [1.807, 2.05) is 0 Å². The Hall–Kier alpha value is -0.690. The van der Waals surface area contributed by atoms with Crippen LogP contribution < -0.4 is 10.6 Å². The first-order chi connectivity index (χ1) is 6.74. The molecule has 1 atom stereocenters. The molecule has 1 unspecified atom stereocenters. The van der Waals surface area contributed by atoms with Crippen LogP contribution in [0.2, 0.25) is 0 Å². The number of nitrogens with zero attached hydrogens (tertiary/aromatic N) is 2. The number of nitrogens with one attached hydrogen (secondary N) is 2. The summed E-state index contributed by atoms with van der Waals surface area (Å²) in [5.74, 6) is 0.126. The smallest absolute Gasteiger partial charge is 0.220 e. The summed E-state index contributed by atoms with van der Waals surface area (Å²) >= 11 is 4.69. The zero-order valence-electron chi connectivity index (χ0n) is 7.29. The van der Waals surface area contributed by atoms with E-state index in [9.17, 15) is 4.79 Å². The third kappa shape index (κ3) is 2.42. The quantitative estimate of drug-likeness (QED) is 0.846. The molecular formula is C7H9BrN4OS. The van der Waals surface area contributed by atoms with E-state index < -0.39 is 0 Å². The van der Waals surface area contributed by atoms with Crippen LogP contribution in [-0.4, -0.2) is 28.7 Å². The normalized spacial score (nSPS) is 21.8. The first-order valence-corrected chi connectivity index (χ1v) is 5.87. The van der Waals surface area contributed by atoms with Crippen molar-refractivity contribution in [3.8, 4) is 0 Å². The molecule has 76 valence electrons. The van der Waals surface area contributed by atoms with Gasteiger partial charge in [-0.25, -0.2) is 0 Å². The molecule has 1 fully saturated rings. The van der Waals surface area contributed by atoms with Crippen LogP contribution in [0.5, 0.6) is 0 Å². The summed E-state index contributed by atoms with van der Waals surface area (Å²) in [5.41, 5.74) is 0. The fourth-order valence-electron chi connectivity index (χ4n) is 1.29. The molecule has 2 heterocycles. The minimum absolute atomic E-state index is 0.126. The SMILES string of the molecule is O=C1CCC(Nc2nnc(Br)s2)CN1. The van der Waals surface area contributed by atoms with Crippen LogP contribution in [-0.2, 0) is 4.79 Å². The van der Waals surface area contributed by atoms with Crippen LogP contribution >= 0.6 is 27.3 Å². The van der Waals surface area contributed by atoms with Gasteiger partial charge in [0.05, 0.1) is 0 Å². The van der Waals surface area contributed by atoms with E-state index in [1.165, 1.54) is 11.3 Å². The number of aromatic nitrogens is 2. The first kappa shape index (κ1) is 9.85. The third-order valence-corrected chi connectivity index (χ3v) is 3.28. The molecule has 0 spiro atoms. The molecule has 1 aliphatic rings. The van der Waals surface area contributed by atoms with Crippen molar-refractivity contribution >= 4 is 38.3 Å². The summed E-state index contributed by atoms with van der Waals surface area (Å²) in [6.07, 6.45) is 1.43. The molecule has 1 aliphatic heterocycles. The van der Waals surface area contributed by atoms with Gasteiger partial charge in [0.15, 0.2) is 3.92 Å². The number of hydrogen-bond acceptors (Lipinski definition) is 5. The summed E-state index contributed by atoms with van der Waals surface area (Å²) in [4.78, 5) is 10.9. The number of hydrogen-bond donors (Lipinski definition) is 2. The fraction of sp³-hybridized carbons (Fsp3) is 0.571. The lowest BCUT2D eigenvalue weighted by Gasteiger charge is -2.22. The minimum Gasteiger partial charge on any atom is -0.356 e. The van der Waals surface area contributed by atoms with Crippen molar-refractivity contribution in [2.75, 3.05) is 11.9 Å². The molecule has 1 amide bonds. The minimum atomic E-state index is 0.126. The average Bonchev–Trinajstić information content (AvgIpc) is 2.56. The summed E-state index contributed by atoms with van der Waals surface area (Å²) in [7, 11) is 0. The Morgan fingerprint density at radius 1 is 1.57 bits per heavy atom. The lowest BCUT2D eigenvalue weighted by Crippen LogP contribution is -2.41. The monoisotopic (exact) mass is 276 g/mol. The van der Waals surface area contributed by atoms with Crippen molar-refractivity contribution in [2.45, 2.75) is 18.9 Å². The van der Waals surface area contributed by atoms with Gasteiger partial charge < -0.3 is 10.6 Å². The van der Waals surface area contributed by atoms with Crippen LogP contribution in [0.15, 0.2) is 3.92 Å². The van der Waals surface area contributed by atoms with E-state index in [1.54, 1.807) is 0 Å². The predicted molar refractivity (Wildman–Crippen MR) is 57.3 cm³/mol. The van der Waals surface area contributed by atoms with Crippen molar-refractivity contribution in [2.24, 2.45) is 0 Å². The topological polar surface area (TPSA) is 66.9 Å². The second-order valence-electron chi connectivity index (χ2n) is 3.04. The molecule has 5 nitrogen and oxygen atoms in total. The van der Waals surface area contributed by atoms with E-state index in [2.05, 4.69) is 36.8 Å². The molecule has 0 bridgehead atoms. The third-order valence-electron chi connectivity index (χ3n) is 1.99. The molecule has 2 rings (SSSR count). The Morgan fingerprint density at radius 3 is 3.00 bits per heavy atom. The van der Waals surface area contributed by atoms with Gasteiger partial charge in [-0.3, -0.25) is 4.79 Å². The molecule has 0 saturated carbocycles. The highest BCUT2D eigenvalue weighted by atomic mass is 79.9. The molecule has 7 heteroatoms. The number of anilines is 1. The van der Waals surface area contributed by atoms with Crippen molar-refractivity contribution in [1.29, 1.82) is 0 Å². The largest absolute Gasteiger partial charge is 0.356 e. The highest BCUT2D eigenvalue weighted by Crippen LogP contribution is 2.21. The van der Waals surface area contributed by atoms with Gasteiger partial charge in [-0.15, -0.1) is 10.2 Å². The highest BCUT2D eigenvalue weighted by molar-refractivity contribution is 9.11. The van der Waals surface area contributed by atoms with Gasteiger partial charge in [0.25, 0.3) is 0 Å². The second kappa shape index (κ2) is 4.22. The number of carbonyl (C=O) groups excluding carboxylic acids is 1. The lowest BCUT2D eigenvalue weighted by molar-refractivity contribution is -0.122. The number of carbonyl (C=O) groups is 1. The Kier molecular flexibility index (Phi) is 2.97. The first-order valence-electron chi connectivity index (χ1n) is 4.26.